The number of rotatable bonds is 13. The van der Waals surface area contributed by atoms with Gasteiger partial charge in [-0.1, -0.05) is 24.3 Å². The van der Waals surface area contributed by atoms with Gasteiger partial charge in [-0.15, -0.1) is 0 Å². The Balaban J connectivity index is 1.17. The smallest absolute Gasteiger partial charge is 0.416 e. The van der Waals surface area contributed by atoms with Gasteiger partial charge < -0.3 is 50.2 Å². The molecule has 0 aliphatic carbocycles. The predicted octanol–water partition coefficient (Wildman–Crippen LogP) is 6.15. The van der Waals surface area contributed by atoms with Crippen LogP contribution in [0.3, 0.4) is 0 Å². The van der Waals surface area contributed by atoms with Gasteiger partial charge in [0, 0.05) is 37.3 Å². The molecule has 3 saturated heterocycles. The Morgan fingerprint density at radius 2 is 1.16 bits per heavy atom. The van der Waals surface area contributed by atoms with Gasteiger partial charge in [0.05, 0.1) is 37.5 Å². The van der Waals surface area contributed by atoms with Crippen molar-refractivity contribution < 1.29 is 56.1 Å². The molecule has 4 N–H and O–H groups in total. The molecule has 344 valence electrons. The second kappa shape index (κ2) is 20.0. The maximum absolute atomic E-state index is 13.8. The Bertz CT molecular complexity index is 2170. The Hall–Kier alpha value is -6.37. The van der Waals surface area contributed by atoms with Crippen LogP contribution in [0.5, 0.6) is 0 Å². The monoisotopic (exact) mass is 893 g/mol. The van der Waals surface area contributed by atoms with Gasteiger partial charge in [0.15, 0.2) is 0 Å². The number of hydrogen-bond acceptors (Lipinski definition) is 10. The number of likely N-dealkylation sites (tertiary alicyclic amines) is 2. The average molecular weight is 894 g/mol. The maximum atomic E-state index is 13.8. The molecule has 0 spiro atoms. The zero-order chi connectivity index (χ0) is 46.3. The van der Waals surface area contributed by atoms with Gasteiger partial charge >= 0.3 is 18.4 Å². The van der Waals surface area contributed by atoms with Gasteiger partial charge in [-0.3, -0.25) is 19.2 Å². The lowest BCUT2D eigenvalue weighted by atomic mass is 9.96. The van der Waals surface area contributed by atoms with E-state index in [-0.39, 0.29) is 24.5 Å². The van der Waals surface area contributed by atoms with Crippen LogP contribution in [0.4, 0.5) is 39.8 Å². The minimum Gasteiger partial charge on any atom is -0.453 e. The van der Waals surface area contributed by atoms with Crippen LogP contribution in [-0.4, -0.2) is 110 Å². The second-order valence-corrected chi connectivity index (χ2v) is 16.4. The number of amides is 6. The number of anilines is 3. The lowest BCUT2D eigenvalue weighted by molar-refractivity contribution is -0.144. The van der Waals surface area contributed by atoms with Crippen molar-refractivity contribution in [2.75, 3.05) is 56.5 Å². The minimum atomic E-state index is -4.52. The fraction of sp³-hybridized carbons (Fsp3) is 0.467. The SMILES string of the molecule is COC(=O)NCC(=O)N1CCCC1C(=O)Nc1ccc([C@H]2CC[C@H](c3ccc(NC(=O)[C@@H]4CCCN4C(=O)[C@@H](NC(=O)OC)C(C)(C)OC)cc3)N2c2ccc(C(F)(F)F)cc2)cc1. The lowest BCUT2D eigenvalue weighted by Crippen LogP contribution is -2.60. The summed E-state index contributed by atoms with van der Waals surface area (Å²) in [7, 11) is 3.79. The number of nitrogens with zero attached hydrogens (tertiary/aromatic N) is 3. The number of carbonyl (C=O) groups excluding carboxylic acids is 6. The number of ether oxygens (including phenoxy) is 3. The molecule has 3 aromatic rings. The van der Waals surface area contributed by atoms with Crippen molar-refractivity contribution in [3.8, 4) is 0 Å². The molecule has 3 heterocycles. The number of alkyl halides is 3. The van der Waals surface area contributed by atoms with Gasteiger partial charge in [0.25, 0.3) is 0 Å². The quantitative estimate of drug-likeness (QED) is 0.155. The predicted molar refractivity (Wildman–Crippen MR) is 229 cm³/mol. The zero-order valence-corrected chi connectivity index (χ0v) is 36.3. The first-order valence-electron chi connectivity index (χ1n) is 21.0. The van der Waals surface area contributed by atoms with Gasteiger partial charge in [0.1, 0.15) is 24.7 Å². The molecule has 0 radical (unpaired) electrons. The highest BCUT2D eigenvalue weighted by Gasteiger charge is 2.44. The molecule has 16 nitrogen and oxygen atoms in total. The van der Waals surface area contributed by atoms with Crippen LogP contribution in [0.1, 0.15) is 81.1 Å². The summed E-state index contributed by atoms with van der Waals surface area (Å²) in [5, 5.41) is 10.7. The van der Waals surface area contributed by atoms with Crippen molar-refractivity contribution in [1.82, 2.24) is 20.4 Å². The van der Waals surface area contributed by atoms with E-state index in [1.807, 2.05) is 24.3 Å². The van der Waals surface area contributed by atoms with Crippen LogP contribution in [-0.2, 0) is 39.6 Å². The highest BCUT2D eigenvalue weighted by atomic mass is 19.4. The molecule has 3 fully saturated rings. The summed E-state index contributed by atoms with van der Waals surface area (Å²) in [6.45, 7) is 3.66. The summed E-state index contributed by atoms with van der Waals surface area (Å²) in [6.07, 6.45) is -2.74. The number of halogens is 3. The third-order valence-corrected chi connectivity index (χ3v) is 12.2. The summed E-state index contributed by atoms with van der Waals surface area (Å²) in [4.78, 5) is 82.1. The highest BCUT2D eigenvalue weighted by molar-refractivity contribution is 5.99. The van der Waals surface area contributed by atoms with Crippen molar-refractivity contribution in [2.24, 2.45) is 0 Å². The lowest BCUT2D eigenvalue weighted by Gasteiger charge is -2.36. The fourth-order valence-electron chi connectivity index (χ4n) is 8.63. The van der Waals surface area contributed by atoms with Gasteiger partial charge in [-0.2, -0.15) is 13.2 Å². The third-order valence-electron chi connectivity index (χ3n) is 12.2. The number of methoxy groups -OCH3 is 3. The molecule has 6 rings (SSSR count). The molecule has 19 heteroatoms. The minimum absolute atomic E-state index is 0.261. The zero-order valence-electron chi connectivity index (χ0n) is 36.3. The highest BCUT2D eigenvalue weighted by Crippen LogP contribution is 2.47. The molecule has 0 saturated carbocycles. The summed E-state index contributed by atoms with van der Waals surface area (Å²) < 4.78 is 55.7. The topological polar surface area (TPSA) is 188 Å². The summed E-state index contributed by atoms with van der Waals surface area (Å²) >= 11 is 0. The van der Waals surface area contributed by atoms with E-state index in [0.29, 0.717) is 68.7 Å². The maximum Gasteiger partial charge on any atom is 0.416 e. The van der Waals surface area contributed by atoms with Crippen molar-refractivity contribution >= 4 is 52.9 Å². The van der Waals surface area contributed by atoms with E-state index in [4.69, 9.17) is 9.47 Å². The van der Waals surface area contributed by atoms with Crippen molar-refractivity contribution in [3.05, 3.63) is 89.5 Å². The number of nitrogens with one attached hydrogen (secondary N) is 4. The molecular formula is C45H54F3N7O9. The number of benzene rings is 3. The molecule has 0 aromatic heterocycles. The van der Waals surface area contributed by atoms with Crippen LogP contribution < -0.4 is 26.2 Å². The van der Waals surface area contributed by atoms with Gasteiger partial charge in [0.2, 0.25) is 23.6 Å². The van der Waals surface area contributed by atoms with E-state index in [9.17, 15) is 41.9 Å². The van der Waals surface area contributed by atoms with E-state index >= 15 is 0 Å². The molecular weight excluding hydrogens is 840 g/mol. The first-order chi connectivity index (χ1) is 30.4. The second-order valence-electron chi connectivity index (χ2n) is 16.4. The molecule has 3 aromatic carbocycles. The standard InChI is InChI=1S/C45H54F3N7O9/c1-44(2,64-5)38(52-43(61)63-4)41(59)54-25-7-9-36(54)40(58)51-31-18-12-28(13-19-31)34-23-22-33(55(34)32-20-14-29(15-21-32)45(46,47)48)27-10-16-30(17-11-27)50-39(57)35-8-6-24-53(35)37(56)26-49-42(60)62-3/h10-21,33-36,38H,6-9,22-26H2,1-5H3,(H,49,60)(H,50,57)(H,51,58)(H,52,61)/t33-,34-,35?,36+,38-/m1/s1. The van der Waals surface area contributed by atoms with E-state index < -0.39 is 65.4 Å². The molecule has 3 aliphatic heterocycles. The van der Waals surface area contributed by atoms with Gasteiger partial charge in [-0.05, 0) is 112 Å². The van der Waals surface area contributed by atoms with Crippen molar-refractivity contribution in [3.63, 3.8) is 0 Å². The molecule has 0 bridgehead atoms. The summed E-state index contributed by atoms with van der Waals surface area (Å²) in [5.74, 6) is -1.67. The Kier molecular flexibility index (Phi) is 14.7. The third kappa shape index (κ3) is 10.7. The summed E-state index contributed by atoms with van der Waals surface area (Å²) in [5.41, 5.74) is 1.38. The van der Waals surface area contributed by atoms with Crippen LogP contribution in [0.15, 0.2) is 72.8 Å². The fourth-order valence-corrected chi connectivity index (χ4v) is 8.63. The largest absolute Gasteiger partial charge is 0.453 e. The number of hydrogen-bond donors (Lipinski definition) is 4. The van der Waals surface area contributed by atoms with Crippen LogP contribution in [0.2, 0.25) is 0 Å². The Labute approximate surface area is 369 Å². The van der Waals surface area contributed by atoms with Crippen LogP contribution >= 0.6 is 0 Å². The number of alkyl carbamates (subject to hydrolysis) is 2. The normalized spacial score (nSPS) is 20.3. The summed E-state index contributed by atoms with van der Waals surface area (Å²) in [6, 6.07) is 16.3. The molecule has 6 amide bonds. The Morgan fingerprint density at radius 3 is 1.62 bits per heavy atom. The van der Waals surface area contributed by atoms with E-state index in [0.717, 1.165) is 23.3 Å². The van der Waals surface area contributed by atoms with Crippen LogP contribution in [0, 0.1) is 0 Å². The average Bonchev–Trinajstić information content (AvgIpc) is 4.08. The van der Waals surface area contributed by atoms with E-state index in [1.165, 1.54) is 43.3 Å². The van der Waals surface area contributed by atoms with Crippen molar-refractivity contribution in [2.45, 2.75) is 94.4 Å². The molecule has 5 atom stereocenters. The van der Waals surface area contributed by atoms with E-state index in [2.05, 4.69) is 30.9 Å². The Morgan fingerprint density at radius 1 is 0.672 bits per heavy atom. The molecule has 3 aliphatic rings. The first-order valence-corrected chi connectivity index (χ1v) is 21.0. The van der Waals surface area contributed by atoms with Gasteiger partial charge in [-0.25, -0.2) is 9.59 Å². The van der Waals surface area contributed by atoms with Crippen LogP contribution in [0.25, 0.3) is 0 Å². The first kappa shape index (κ1) is 47.1. The molecule has 1 unspecified atom stereocenters. The van der Waals surface area contributed by atoms with E-state index in [1.54, 1.807) is 38.1 Å². The van der Waals surface area contributed by atoms with Crippen molar-refractivity contribution in [1.29, 1.82) is 0 Å². The molecule has 64 heavy (non-hydrogen) atoms. The number of carbonyl (C=O) groups is 6.